The van der Waals surface area contributed by atoms with Crippen molar-refractivity contribution in [3.8, 4) is 12.3 Å². The molecule has 0 spiro atoms. The van der Waals surface area contributed by atoms with Crippen LogP contribution in [0.5, 0.6) is 0 Å². The van der Waals surface area contributed by atoms with E-state index in [4.69, 9.17) is 6.42 Å². The van der Waals surface area contributed by atoms with Gasteiger partial charge in [0.05, 0.1) is 5.25 Å². The van der Waals surface area contributed by atoms with Crippen LogP contribution >= 0.6 is 19.2 Å². The van der Waals surface area contributed by atoms with Gasteiger partial charge in [0, 0.05) is 0 Å². The van der Waals surface area contributed by atoms with E-state index in [1.165, 1.54) is 19.0 Å². The van der Waals surface area contributed by atoms with Gasteiger partial charge in [-0.3, -0.25) is 0 Å². The third-order valence-corrected chi connectivity index (χ3v) is 4.50. The lowest BCUT2D eigenvalue weighted by Crippen LogP contribution is -2.00. The van der Waals surface area contributed by atoms with Gasteiger partial charge in [-0.2, -0.15) is 0 Å². The Hall–Kier alpha value is 0.340. The average molecular weight is 144 g/mol. The van der Waals surface area contributed by atoms with Crippen LogP contribution in [0.2, 0.25) is 0 Å². The second kappa shape index (κ2) is 3.38. The summed E-state index contributed by atoms with van der Waals surface area (Å²) in [5.41, 5.74) is 0. The maximum Gasteiger partial charge on any atom is 0.0693 e. The molecule has 0 saturated carbocycles. The predicted octanol–water partition coefficient (Wildman–Crippen LogP) is 2.11. The summed E-state index contributed by atoms with van der Waals surface area (Å²) in [7, 11) is 1.06. The molecule has 0 amide bonds. The van der Waals surface area contributed by atoms with E-state index in [0.29, 0.717) is 5.25 Å². The zero-order valence-electron chi connectivity index (χ0n) is 4.68. The van der Waals surface area contributed by atoms with Gasteiger partial charge in [0.25, 0.3) is 0 Å². The first kappa shape index (κ1) is 6.46. The fourth-order valence-electron chi connectivity index (χ4n) is 0.695. The van der Waals surface area contributed by atoms with Crippen molar-refractivity contribution < 1.29 is 0 Å². The molecular formula is C6H9PS. The highest BCUT2D eigenvalue weighted by Gasteiger charge is 2.09. The van der Waals surface area contributed by atoms with Crippen LogP contribution in [0, 0.1) is 12.3 Å². The van der Waals surface area contributed by atoms with Gasteiger partial charge in [0.2, 0.25) is 0 Å². The first-order chi connectivity index (χ1) is 3.93. The van der Waals surface area contributed by atoms with E-state index in [9.17, 15) is 0 Å². The molecule has 8 heavy (non-hydrogen) atoms. The van der Waals surface area contributed by atoms with E-state index in [-0.39, 0.29) is 0 Å². The molecule has 1 rings (SSSR count). The molecule has 0 nitrogen and oxygen atoms in total. The molecule has 0 N–H and O–H groups in total. The largest absolute Gasteiger partial charge is 0.121 e. The molecule has 44 valence electrons. The Kier molecular flexibility index (Phi) is 2.73. The van der Waals surface area contributed by atoms with Gasteiger partial charge in [-0.1, -0.05) is 13.7 Å². The average Bonchev–Trinajstić information content (AvgIpc) is 1.90. The predicted molar refractivity (Wildman–Crippen MR) is 42.6 cm³/mol. The number of hydrogen-bond donors (Lipinski definition) is 0. The normalized spacial score (nSPS) is 32.1. The molecule has 0 aromatic rings. The van der Waals surface area contributed by atoms with Gasteiger partial charge in [-0.15, -0.1) is 17.8 Å². The molecule has 2 heteroatoms. The Labute approximate surface area is 56.3 Å². The Morgan fingerprint density at radius 3 is 3.00 bits per heavy atom. The Balaban J connectivity index is 2.25. The smallest absolute Gasteiger partial charge is 0.0693 e. The van der Waals surface area contributed by atoms with Crippen molar-refractivity contribution in [3.63, 3.8) is 0 Å². The highest BCUT2D eigenvalue weighted by Crippen LogP contribution is 2.40. The lowest BCUT2D eigenvalue weighted by atomic mass is 10.2. The van der Waals surface area contributed by atoms with Crippen LogP contribution in [-0.4, -0.2) is 11.4 Å². The van der Waals surface area contributed by atoms with Crippen molar-refractivity contribution >= 4 is 19.2 Å². The van der Waals surface area contributed by atoms with Gasteiger partial charge in [0.1, 0.15) is 0 Å². The Morgan fingerprint density at radius 1 is 1.75 bits per heavy atom. The molecular weight excluding hydrogens is 135 g/mol. The lowest BCUT2D eigenvalue weighted by molar-refractivity contribution is 0.845. The summed E-state index contributed by atoms with van der Waals surface area (Å²) in [5.74, 6) is 2.77. The molecule has 1 fully saturated rings. The lowest BCUT2D eigenvalue weighted by Gasteiger charge is -2.14. The fourth-order valence-corrected chi connectivity index (χ4v) is 3.66. The molecule has 0 aromatic heterocycles. The van der Waals surface area contributed by atoms with Gasteiger partial charge in [-0.25, -0.2) is 0 Å². The van der Waals surface area contributed by atoms with Gasteiger partial charge < -0.3 is 0 Å². The van der Waals surface area contributed by atoms with Crippen LogP contribution in [0.4, 0.5) is 0 Å². The second-order valence-electron chi connectivity index (χ2n) is 1.81. The van der Waals surface area contributed by atoms with Gasteiger partial charge >= 0.3 is 0 Å². The van der Waals surface area contributed by atoms with Crippen molar-refractivity contribution in [2.75, 3.05) is 6.16 Å². The van der Waals surface area contributed by atoms with E-state index in [0.717, 1.165) is 7.78 Å². The molecule has 0 aromatic carbocycles. The first-order valence-corrected chi connectivity index (χ1v) is 5.59. The number of terminal acetylenes is 1. The molecule has 0 bridgehead atoms. The number of hydrogen-bond acceptors (Lipinski definition) is 1. The number of rotatable bonds is 0. The summed E-state index contributed by atoms with van der Waals surface area (Å²) < 4.78 is 0. The van der Waals surface area contributed by atoms with Crippen molar-refractivity contribution in [1.29, 1.82) is 0 Å². The summed E-state index contributed by atoms with van der Waals surface area (Å²) in [6.45, 7) is 0. The fraction of sp³-hybridized carbons (Fsp3) is 0.667. The van der Waals surface area contributed by atoms with E-state index >= 15 is 0 Å². The van der Waals surface area contributed by atoms with E-state index < -0.39 is 0 Å². The minimum absolute atomic E-state index is 0.544. The van der Waals surface area contributed by atoms with E-state index in [2.05, 4.69) is 5.92 Å². The van der Waals surface area contributed by atoms with Crippen molar-refractivity contribution in [2.45, 2.75) is 18.1 Å². The molecule has 1 aliphatic rings. The third kappa shape index (κ3) is 1.69. The molecule has 1 heterocycles. The quantitative estimate of drug-likeness (QED) is 0.370. The van der Waals surface area contributed by atoms with E-state index in [1.54, 1.807) is 0 Å². The van der Waals surface area contributed by atoms with Crippen LogP contribution in [0.15, 0.2) is 0 Å². The van der Waals surface area contributed by atoms with Crippen LogP contribution in [-0.2, 0) is 0 Å². The minimum atomic E-state index is 0.544. The Morgan fingerprint density at radius 2 is 2.62 bits per heavy atom. The van der Waals surface area contributed by atoms with Crippen LogP contribution in [0.1, 0.15) is 12.8 Å². The molecule has 1 saturated heterocycles. The summed E-state index contributed by atoms with van der Waals surface area (Å²) in [6.07, 6.45) is 9.22. The molecule has 1 aliphatic heterocycles. The minimum Gasteiger partial charge on any atom is -0.121 e. The zero-order valence-corrected chi connectivity index (χ0v) is 6.50. The zero-order chi connectivity index (χ0) is 5.82. The van der Waals surface area contributed by atoms with Crippen LogP contribution in [0.25, 0.3) is 0 Å². The third-order valence-electron chi connectivity index (χ3n) is 1.16. The maximum atomic E-state index is 5.24. The second-order valence-corrected chi connectivity index (χ2v) is 4.98. The Bertz CT molecular complexity index is 99.6. The molecule has 2 atom stereocenters. The van der Waals surface area contributed by atoms with Crippen LogP contribution < -0.4 is 0 Å². The first-order valence-electron chi connectivity index (χ1n) is 2.78. The molecule has 2 unspecified atom stereocenters. The van der Waals surface area contributed by atoms with Crippen molar-refractivity contribution in [3.05, 3.63) is 0 Å². The highest BCUT2D eigenvalue weighted by atomic mass is 32.7. The van der Waals surface area contributed by atoms with E-state index in [1.807, 2.05) is 11.4 Å². The monoisotopic (exact) mass is 144 g/mol. The standard InChI is InChI=1S/C6H9PS/c1-2-6-4-3-5-7-8-6/h1,6-7H,3-5H2. The molecule has 0 radical (unpaired) electrons. The summed E-state index contributed by atoms with van der Waals surface area (Å²) in [6, 6.07) is 0. The highest BCUT2D eigenvalue weighted by molar-refractivity contribution is 8.50. The maximum absolute atomic E-state index is 5.24. The molecule has 0 aliphatic carbocycles. The SMILES string of the molecule is C#CC1CCCPS1. The van der Waals surface area contributed by atoms with Crippen LogP contribution in [0.3, 0.4) is 0 Å². The summed E-state index contributed by atoms with van der Waals surface area (Å²) in [4.78, 5) is 0. The van der Waals surface area contributed by atoms with Crippen molar-refractivity contribution in [2.24, 2.45) is 0 Å². The summed E-state index contributed by atoms with van der Waals surface area (Å²) >= 11 is 1.95. The van der Waals surface area contributed by atoms with Gasteiger partial charge in [-0.05, 0) is 19.0 Å². The topological polar surface area (TPSA) is 0 Å². The van der Waals surface area contributed by atoms with Crippen molar-refractivity contribution in [1.82, 2.24) is 0 Å². The summed E-state index contributed by atoms with van der Waals surface area (Å²) in [5, 5.41) is 0.544. The van der Waals surface area contributed by atoms with Gasteiger partial charge in [0.15, 0.2) is 0 Å².